The van der Waals surface area contributed by atoms with E-state index in [1.807, 2.05) is 9.48 Å². The number of amides is 2. The average Bonchev–Trinajstić information content (AvgIpc) is 3.18. The maximum absolute atomic E-state index is 12.6. The highest BCUT2D eigenvalue weighted by Crippen LogP contribution is 2.43. The lowest BCUT2D eigenvalue weighted by Crippen LogP contribution is -2.51. The number of aromatic hydroxyl groups is 1. The van der Waals surface area contributed by atoms with Gasteiger partial charge in [-0.15, -0.1) is 0 Å². The Balaban J connectivity index is 1.61. The average molecular weight is 383 g/mol. The molecule has 2 amide bonds. The van der Waals surface area contributed by atoms with Crippen molar-refractivity contribution in [2.45, 2.75) is 24.8 Å². The van der Waals surface area contributed by atoms with Crippen LogP contribution in [-0.4, -0.2) is 64.3 Å². The Kier molecular flexibility index (Phi) is 4.12. The first-order valence-corrected chi connectivity index (χ1v) is 9.02. The van der Waals surface area contributed by atoms with Crippen molar-refractivity contribution < 1.29 is 19.3 Å². The van der Waals surface area contributed by atoms with Crippen molar-refractivity contribution in [2.24, 2.45) is 0 Å². The number of piperazine rings is 1. The molecule has 0 radical (unpaired) electrons. The van der Waals surface area contributed by atoms with Crippen LogP contribution in [0.3, 0.4) is 0 Å². The molecule has 2 atom stereocenters. The quantitative estimate of drug-likeness (QED) is 0.720. The van der Waals surface area contributed by atoms with E-state index in [9.17, 15) is 14.7 Å². The van der Waals surface area contributed by atoms with Crippen molar-refractivity contribution in [1.82, 2.24) is 10.2 Å². The zero-order valence-corrected chi connectivity index (χ0v) is 15.0. The lowest BCUT2D eigenvalue weighted by molar-refractivity contribution is -0.532. The molecule has 4 rings (SSSR count). The van der Waals surface area contributed by atoms with Crippen LogP contribution in [0.25, 0.3) is 0 Å². The molecular weight excluding hydrogens is 365 g/mol. The first kappa shape index (κ1) is 16.7. The topological polar surface area (TPSA) is 72.7 Å². The van der Waals surface area contributed by atoms with Crippen molar-refractivity contribution in [2.75, 3.05) is 26.2 Å². The lowest BCUT2D eigenvalue weighted by Gasteiger charge is -2.27. The van der Waals surface area contributed by atoms with Crippen molar-refractivity contribution in [1.29, 1.82) is 0 Å². The Hall–Kier alpha value is -1.79. The summed E-state index contributed by atoms with van der Waals surface area (Å²) in [6, 6.07) is 3.16. The second-order valence-corrected chi connectivity index (χ2v) is 7.61. The van der Waals surface area contributed by atoms with Crippen LogP contribution in [0.4, 0.5) is 0 Å². The number of carbonyl (C=O) groups excluding carboxylic acids is 2. The Morgan fingerprint density at radius 3 is 2.80 bits per heavy atom. The first-order chi connectivity index (χ1) is 11.9. The molecule has 0 aliphatic carbocycles. The van der Waals surface area contributed by atoms with Gasteiger partial charge in [0.1, 0.15) is 12.2 Å². The van der Waals surface area contributed by atoms with Gasteiger partial charge < -0.3 is 15.3 Å². The Labute approximate surface area is 155 Å². The van der Waals surface area contributed by atoms with Crippen molar-refractivity contribution in [3.63, 3.8) is 0 Å². The number of carbonyl (C=O) groups is 2. The lowest BCUT2D eigenvalue weighted by atomic mass is 9.95. The van der Waals surface area contributed by atoms with Gasteiger partial charge >= 0.3 is 0 Å². The van der Waals surface area contributed by atoms with E-state index in [-0.39, 0.29) is 29.5 Å². The normalized spacial score (nSPS) is 29.1. The first-order valence-electron chi connectivity index (χ1n) is 8.26. The summed E-state index contributed by atoms with van der Waals surface area (Å²) in [7, 11) is 0. The number of halogens is 2. The number of hydrogen-bond donors (Lipinski definition) is 2. The van der Waals surface area contributed by atoms with Gasteiger partial charge in [0.15, 0.2) is 12.3 Å². The van der Waals surface area contributed by atoms with Crippen LogP contribution < -0.4 is 5.32 Å². The second-order valence-electron chi connectivity index (χ2n) is 6.83. The van der Waals surface area contributed by atoms with Crippen molar-refractivity contribution in [3.8, 4) is 5.75 Å². The fourth-order valence-electron chi connectivity index (χ4n) is 4.10. The largest absolute Gasteiger partial charge is 0.508 e. The van der Waals surface area contributed by atoms with E-state index in [0.29, 0.717) is 54.6 Å². The van der Waals surface area contributed by atoms with Gasteiger partial charge in [-0.25, -0.2) is 4.58 Å². The van der Waals surface area contributed by atoms with Crippen LogP contribution in [0.5, 0.6) is 5.75 Å². The molecule has 0 aromatic heterocycles. The van der Waals surface area contributed by atoms with Gasteiger partial charge in [-0.05, 0) is 18.6 Å². The van der Waals surface area contributed by atoms with Crippen molar-refractivity contribution in [3.05, 3.63) is 27.7 Å². The smallest absolute Gasteiger partial charge is 0.288 e. The summed E-state index contributed by atoms with van der Waals surface area (Å²) in [4.78, 5) is 25.9. The molecule has 2 N–H and O–H groups in total. The van der Waals surface area contributed by atoms with Gasteiger partial charge in [0, 0.05) is 18.0 Å². The number of phenolic OH excluding ortho intramolecular Hbond substituents is 1. The number of nitrogens with one attached hydrogen (secondary N) is 1. The molecule has 6 nitrogen and oxygen atoms in total. The highest BCUT2D eigenvalue weighted by atomic mass is 35.5. The SMILES string of the molecule is O=C1CC(=[N+]2CC(=O)N3C[C@@H](c4c(O)ccc(Cl)c4Cl)C[C@H]3C2)CN1. The van der Waals surface area contributed by atoms with E-state index in [1.54, 1.807) is 12.1 Å². The van der Waals surface area contributed by atoms with Crippen LogP contribution in [-0.2, 0) is 9.59 Å². The molecule has 25 heavy (non-hydrogen) atoms. The van der Waals surface area contributed by atoms with Gasteiger partial charge in [0.25, 0.3) is 5.91 Å². The summed E-state index contributed by atoms with van der Waals surface area (Å²) in [6.07, 6.45) is 1.08. The molecule has 3 fully saturated rings. The van der Waals surface area contributed by atoms with Gasteiger partial charge in [-0.3, -0.25) is 9.59 Å². The zero-order valence-electron chi connectivity index (χ0n) is 13.5. The maximum atomic E-state index is 12.6. The number of hydrogen-bond acceptors (Lipinski definition) is 3. The molecule has 132 valence electrons. The van der Waals surface area contributed by atoms with Crippen LogP contribution in [0.2, 0.25) is 10.0 Å². The fourth-order valence-corrected chi connectivity index (χ4v) is 4.58. The highest BCUT2D eigenvalue weighted by Gasteiger charge is 2.45. The molecule has 0 unspecified atom stereocenters. The minimum atomic E-state index is -0.0477. The van der Waals surface area contributed by atoms with Crippen molar-refractivity contribution >= 4 is 40.7 Å². The molecule has 1 aromatic rings. The maximum Gasteiger partial charge on any atom is 0.288 e. The molecule has 3 aliphatic heterocycles. The molecule has 1 aromatic carbocycles. The Morgan fingerprint density at radius 1 is 1.28 bits per heavy atom. The number of fused-ring (bicyclic) bond motifs is 1. The fraction of sp³-hybridized carbons (Fsp3) is 0.471. The molecule has 0 spiro atoms. The number of phenols is 1. The monoisotopic (exact) mass is 382 g/mol. The third-order valence-electron chi connectivity index (χ3n) is 5.31. The summed E-state index contributed by atoms with van der Waals surface area (Å²) in [5, 5.41) is 13.8. The van der Waals surface area contributed by atoms with Crippen LogP contribution in [0, 0.1) is 0 Å². The highest BCUT2D eigenvalue weighted by molar-refractivity contribution is 6.42. The van der Waals surface area contributed by atoms with E-state index in [1.165, 1.54) is 0 Å². The summed E-state index contributed by atoms with van der Waals surface area (Å²) >= 11 is 12.4. The number of benzene rings is 1. The molecule has 3 saturated heterocycles. The summed E-state index contributed by atoms with van der Waals surface area (Å²) in [5.74, 6) is 0.116. The van der Waals surface area contributed by atoms with Gasteiger partial charge in [-0.2, -0.15) is 0 Å². The molecule has 0 bridgehead atoms. The molecule has 3 heterocycles. The summed E-state index contributed by atoms with van der Waals surface area (Å²) in [5.41, 5.74) is 1.60. The van der Waals surface area contributed by atoms with Gasteiger partial charge in [0.05, 0.1) is 22.6 Å². The predicted molar refractivity (Wildman–Crippen MR) is 93.6 cm³/mol. The van der Waals surface area contributed by atoms with E-state index >= 15 is 0 Å². The van der Waals surface area contributed by atoms with E-state index in [2.05, 4.69) is 5.32 Å². The van der Waals surface area contributed by atoms with Crippen LogP contribution in [0.15, 0.2) is 12.1 Å². The standard InChI is InChI=1S/C17H17Cl2N3O3/c18-12-1-2-13(23)16(17(12)19)9-3-11-7-21(8-15(25)22(11)6-9)10-4-14(24)20-5-10/h1-2,9,11H,3-8H2,(H-,20,23,24)/p+1/t9-,11-/m0/s1. The van der Waals surface area contributed by atoms with Crippen LogP contribution >= 0.6 is 23.2 Å². The summed E-state index contributed by atoms with van der Waals surface area (Å²) < 4.78 is 2.02. The third-order valence-corrected chi connectivity index (χ3v) is 6.13. The van der Waals surface area contributed by atoms with Gasteiger partial charge in [-0.1, -0.05) is 23.2 Å². The van der Waals surface area contributed by atoms with Gasteiger partial charge in [0.2, 0.25) is 12.5 Å². The van der Waals surface area contributed by atoms with E-state index in [0.717, 1.165) is 5.71 Å². The zero-order chi connectivity index (χ0) is 17.7. The molecule has 0 saturated carbocycles. The Morgan fingerprint density at radius 2 is 2.08 bits per heavy atom. The number of nitrogens with zero attached hydrogens (tertiary/aromatic N) is 2. The summed E-state index contributed by atoms with van der Waals surface area (Å²) in [6.45, 7) is 2.04. The van der Waals surface area contributed by atoms with E-state index in [4.69, 9.17) is 23.2 Å². The minimum Gasteiger partial charge on any atom is -0.508 e. The predicted octanol–water partition coefficient (Wildman–Crippen LogP) is 1.37. The second kappa shape index (κ2) is 6.18. The minimum absolute atomic E-state index is 0.00445. The van der Waals surface area contributed by atoms with E-state index < -0.39 is 0 Å². The Bertz CT molecular complexity index is 809. The number of rotatable bonds is 1. The molecule has 8 heteroatoms. The third kappa shape index (κ3) is 2.87. The molecule has 3 aliphatic rings. The van der Waals surface area contributed by atoms with Crippen LogP contribution in [0.1, 0.15) is 24.3 Å². The molecular formula is C17H18Cl2N3O3+.